The second kappa shape index (κ2) is 11.3. The fourth-order valence-corrected chi connectivity index (χ4v) is 4.88. The molecule has 0 unspecified atom stereocenters. The van der Waals surface area contributed by atoms with Crippen molar-refractivity contribution in [2.75, 3.05) is 0 Å². The third kappa shape index (κ3) is 6.27. The molecule has 1 saturated carbocycles. The molecule has 1 fully saturated rings. The summed E-state index contributed by atoms with van der Waals surface area (Å²) >= 11 is 0. The number of hydrogen-bond donors (Lipinski definition) is 0. The molecule has 0 spiro atoms. The van der Waals surface area contributed by atoms with Gasteiger partial charge in [0.15, 0.2) is 0 Å². The van der Waals surface area contributed by atoms with Gasteiger partial charge in [-0.05, 0) is 73.3 Å². The topological polar surface area (TPSA) is 9.23 Å². The first-order chi connectivity index (χ1) is 15.8. The van der Waals surface area contributed by atoms with E-state index >= 15 is 0 Å². The summed E-state index contributed by atoms with van der Waals surface area (Å²) in [5.41, 5.74) is -1.08. The van der Waals surface area contributed by atoms with Gasteiger partial charge in [0.05, 0.1) is 5.56 Å². The van der Waals surface area contributed by atoms with Crippen LogP contribution in [0.15, 0.2) is 36.4 Å². The largest absolute Gasteiger partial charge is 0.429 e. The van der Waals surface area contributed by atoms with E-state index in [-0.39, 0.29) is 17.7 Å². The molecule has 0 N–H and O–H groups in total. The van der Waals surface area contributed by atoms with Crippen molar-refractivity contribution in [2.24, 2.45) is 5.92 Å². The predicted molar refractivity (Wildman–Crippen MR) is 121 cm³/mol. The van der Waals surface area contributed by atoms with Gasteiger partial charge in [-0.3, -0.25) is 0 Å². The maximum absolute atomic E-state index is 14.7. The van der Waals surface area contributed by atoms with Crippen molar-refractivity contribution in [1.82, 2.24) is 0 Å². The first kappa shape index (κ1) is 25.5. The van der Waals surface area contributed by atoms with Crippen LogP contribution in [0.25, 0.3) is 0 Å². The lowest BCUT2D eigenvalue weighted by Crippen LogP contribution is -2.24. The van der Waals surface area contributed by atoms with Crippen molar-refractivity contribution in [1.29, 1.82) is 0 Å². The van der Waals surface area contributed by atoms with Crippen molar-refractivity contribution < 1.29 is 26.7 Å². The number of aryl methyl sites for hydroxylation is 1. The molecule has 33 heavy (non-hydrogen) atoms. The minimum absolute atomic E-state index is 0.00601. The van der Waals surface area contributed by atoms with Crippen LogP contribution in [0.1, 0.15) is 99.8 Å². The lowest BCUT2D eigenvalue weighted by molar-refractivity contribution is -0.187. The fourth-order valence-electron chi connectivity index (χ4n) is 4.88. The smallest absolute Gasteiger partial charge is 0.429 e. The Kier molecular flexibility index (Phi) is 8.77. The summed E-state index contributed by atoms with van der Waals surface area (Å²) in [5.74, 6) is -0.563. The van der Waals surface area contributed by atoms with Crippen LogP contribution in [0.3, 0.4) is 0 Å². The third-order valence-corrected chi connectivity index (χ3v) is 6.84. The van der Waals surface area contributed by atoms with Gasteiger partial charge in [0.2, 0.25) is 0 Å². The summed E-state index contributed by atoms with van der Waals surface area (Å²) in [6, 6.07) is 8.38. The Labute approximate surface area is 193 Å². The second-order valence-electron chi connectivity index (χ2n) is 9.06. The van der Waals surface area contributed by atoms with Crippen LogP contribution in [0.4, 0.5) is 22.0 Å². The maximum atomic E-state index is 14.7. The number of alkyl halides is 4. The molecule has 2 aromatic carbocycles. The molecule has 0 radical (unpaired) electrons. The second-order valence-corrected chi connectivity index (χ2v) is 9.06. The molecule has 1 nitrogen and oxygen atoms in total. The monoisotopic (exact) mass is 468 g/mol. The molecule has 0 bridgehead atoms. The molecule has 0 saturated heterocycles. The number of unbranched alkanes of at least 4 members (excludes halogenated alkanes) is 2. The van der Waals surface area contributed by atoms with Gasteiger partial charge < -0.3 is 4.74 Å². The molecule has 0 heterocycles. The normalized spacial score (nSPS) is 19.2. The van der Waals surface area contributed by atoms with Crippen LogP contribution in [0.5, 0.6) is 5.75 Å². The molecule has 0 aromatic heterocycles. The Morgan fingerprint density at radius 2 is 1.61 bits per heavy atom. The van der Waals surface area contributed by atoms with E-state index in [0.717, 1.165) is 36.5 Å². The molecule has 1 aliphatic rings. The van der Waals surface area contributed by atoms with Crippen molar-refractivity contribution in [2.45, 2.75) is 90.1 Å². The molecule has 0 atom stereocenters. The molecule has 0 amide bonds. The van der Waals surface area contributed by atoms with Gasteiger partial charge in [-0.25, -0.2) is 13.2 Å². The molecule has 1 aliphatic carbocycles. The lowest BCUT2D eigenvalue weighted by atomic mass is 9.77. The summed E-state index contributed by atoms with van der Waals surface area (Å²) in [6.45, 7) is 3.77. The predicted octanol–water partition coefficient (Wildman–Crippen LogP) is 9.31. The van der Waals surface area contributed by atoms with Gasteiger partial charge in [0.1, 0.15) is 17.1 Å². The van der Waals surface area contributed by atoms with E-state index in [1.807, 2.05) is 0 Å². The van der Waals surface area contributed by atoms with E-state index in [2.05, 4.69) is 6.92 Å². The zero-order valence-electron chi connectivity index (χ0n) is 19.4. The van der Waals surface area contributed by atoms with Gasteiger partial charge in [-0.1, -0.05) is 57.7 Å². The van der Waals surface area contributed by atoms with Gasteiger partial charge in [0, 0.05) is 0 Å². The van der Waals surface area contributed by atoms with Crippen LogP contribution < -0.4 is 4.74 Å². The number of ether oxygens (including phenoxy) is 1. The molecule has 0 aliphatic heterocycles. The van der Waals surface area contributed by atoms with Crippen LogP contribution in [-0.2, 0) is 12.5 Å². The van der Waals surface area contributed by atoms with Gasteiger partial charge in [-0.2, -0.15) is 8.78 Å². The Morgan fingerprint density at radius 1 is 0.939 bits per heavy atom. The number of benzene rings is 2. The van der Waals surface area contributed by atoms with Crippen LogP contribution in [0, 0.1) is 11.7 Å². The minimum atomic E-state index is -4.07. The maximum Gasteiger partial charge on any atom is 0.429 e. The quantitative estimate of drug-likeness (QED) is 0.249. The summed E-state index contributed by atoms with van der Waals surface area (Å²) in [7, 11) is 0. The van der Waals surface area contributed by atoms with Crippen molar-refractivity contribution in [3.63, 3.8) is 0 Å². The van der Waals surface area contributed by atoms with E-state index < -0.39 is 29.5 Å². The zero-order chi connectivity index (χ0) is 24.0. The highest BCUT2D eigenvalue weighted by molar-refractivity contribution is 5.37. The van der Waals surface area contributed by atoms with E-state index in [1.165, 1.54) is 50.7 Å². The first-order valence-electron chi connectivity index (χ1n) is 12.0. The van der Waals surface area contributed by atoms with Gasteiger partial charge in [0.25, 0.3) is 6.43 Å². The van der Waals surface area contributed by atoms with Crippen molar-refractivity contribution >= 4 is 0 Å². The first-order valence-corrected chi connectivity index (χ1v) is 12.0. The lowest BCUT2D eigenvalue weighted by Gasteiger charge is -2.29. The Bertz CT molecular complexity index is 886. The Hall–Kier alpha value is -2.11. The molecular formula is C27H33F5O. The summed E-state index contributed by atoms with van der Waals surface area (Å²) < 4.78 is 75.3. The number of hydrogen-bond acceptors (Lipinski definition) is 1. The Balaban J connectivity index is 1.66. The molecule has 182 valence electrons. The third-order valence-electron chi connectivity index (χ3n) is 6.84. The standard InChI is InChI=1S/C27H33F5O/c1-3-5-6-7-18-8-10-20(11-9-18)21-12-15-22(16-13-21)33-27(31,32)23-17-14-19(4-2)24(25(23)28)26(29)30/h12-18,20,26H,3-11H2,1-2H3. The highest BCUT2D eigenvalue weighted by Crippen LogP contribution is 2.40. The Morgan fingerprint density at radius 3 is 2.18 bits per heavy atom. The fraction of sp³-hybridized carbons (Fsp3) is 0.556. The highest BCUT2D eigenvalue weighted by Gasteiger charge is 2.40. The van der Waals surface area contributed by atoms with E-state index in [9.17, 15) is 22.0 Å². The molecule has 6 heteroatoms. The minimum Gasteiger partial charge on any atom is -0.429 e. The van der Waals surface area contributed by atoms with E-state index in [0.29, 0.717) is 5.92 Å². The summed E-state index contributed by atoms with van der Waals surface area (Å²) in [6.07, 6.45) is 2.47. The molecule has 3 rings (SSSR count). The average Bonchev–Trinajstić information content (AvgIpc) is 2.79. The SMILES string of the molecule is CCCCCC1CCC(c2ccc(OC(F)(F)c3ccc(CC)c(C(F)F)c3F)cc2)CC1. The zero-order valence-corrected chi connectivity index (χ0v) is 19.4. The molecule has 2 aromatic rings. The van der Waals surface area contributed by atoms with Crippen LogP contribution in [0.2, 0.25) is 0 Å². The van der Waals surface area contributed by atoms with Crippen LogP contribution >= 0.6 is 0 Å². The van der Waals surface area contributed by atoms with Gasteiger partial charge in [-0.15, -0.1) is 0 Å². The van der Waals surface area contributed by atoms with E-state index in [1.54, 1.807) is 19.1 Å². The summed E-state index contributed by atoms with van der Waals surface area (Å²) in [5, 5.41) is 0. The molecular weight excluding hydrogens is 435 g/mol. The average molecular weight is 469 g/mol. The van der Waals surface area contributed by atoms with Crippen LogP contribution in [-0.4, -0.2) is 0 Å². The van der Waals surface area contributed by atoms with Crippen molar-refractivity contribution in [3.05, 3.63) is 64.5 Å². The number of rotatable bonds is 10. The van der Waals surface area contributed by atoms with Gasteiger partial charge >= 0.3 is 6.11 Å². The van der Waals surface area contributed by atoms with Crippen molar-refractivity contribution in [3.8, 4) is 5.75 Å². The summed E-state index contributed by atoms with van der Waals surface area (Å²) in [4.78, 5) is 0. The van der Waals surface area contributed by atoms with E-state index in [4.69, 9.17) is 4.74 Å². The highest BCUT2D eigenvalue weighted by atomic mass is 19.3. The number of halogens is 5.